The second-order valence-corrected chi connectivity index (χ2v) is 5.96. The Morgan fingerprint density at radius 3 is 2.43 bits per heavy atom. The van der Waals surface area contributed by atoms with Crippen molar-refractivity contribution >= 4 is 22.6 Å². The van der Waals surface area contributed by atoms with Gasteiger partial charge in [-0.2, -0.15) is 0 Å². The second-order valence-electron chi connectivity index (χ2n) is 5.96. The molecule has 0 aliphatic rings. The van der Waals surface area contributed by atoms with Gasteiger partial charge in [0.15, 0.2) is 5.76 Å². The fourth-order valence-electron chi connectivity index (χ4n) is 2.89. The fourth-order valence-corrected chi connectivity index (χ4v) is 2.89. The molecule has 1 N–H and O–H groups in total. The van der Waals surface area contributed by atoms with Crippen molar-refractivity contribution in [2.75, 3.05) is 5.32 Å². The predicted octanol–water partition coefficient (Wildman–Crippen LogP) is 5.17. The Balaban J connectivity index is 2.00. The average molecular weight is 307 g/mol. The third-order valence-corrected chi connectivity index (χ3v) is 4.33. The summed E-state index contributed by atoms with van der Waals surface area (Å²) in [6, 6.07) is 12.0. The number of anilines is 1. The molecule has 3 rings (SSSR count). The van der Waals surface area contributed by atoms with Crippen LogP contribution in [0.2, 0.25) is 0 Å². The molecule has 1 aromatic heterocycles. The number of furan rings is 1. The molecule has 1 amide bonds. The summed E-state index contributed by atoms with van der Waals surface area (Å²) in [6.07, 6.45) is 0.963. The van der Waals surface area contributed by atoms with Gasteiger partial charge in [-0.05, 0) is 56.0 Å². The van der Waals surface area contributed by atoms with E-state index in [0.717, 1.165) is 39.8 Å². The summed E-state index contributed by atoms with van der Waals surface area (Å²) < 4.78 is 5.80. The lowest BCUT2D eigenvalue weighted by atomic mass is 10.1. The third kappa shape index (κ3) is 2.74. The van der Waals surface area contributed by atoms with Crippen LogP contribution in [0.25, 0.3) is 11.0 Å². The molecule has 0 saturated heterocycles. The van der Waals surface area contributed by atoms with E-state index in [0.29, 0.717) is 5.76 Å². The number of nitrogens with one attached hydrogen (secondary N) is 1. The number of rotatable bonds is 3. The number of carbonyl (C=O) groups is 1. The standard InChI is InChI=1S/C20H21NO2/c1-5-15-9-10-17-16(11-15)14(4)19(23-17)20(22)21-18-12(2)7-6-8-13(18)3/h6-11H,5H2,1-4H3,(H,21,22). The highest BCUT2D eigenvalue weighted by molar-refractivity contribution is 6.07. The first-order valence-corrected chi connectivity index (χ1v) is 7.91. The molecule has 0 spiro atoms. The summed E-state index contributed by atoms with van der Waals surface area (Å²) in [4.78, 5) is 12.7. The highest BCUT2D eigenvalue weighted by Gasteiger charge is 2.19. The van der Waals surface area contributed by atoms with Crippen LogP contribution in [0, 0.1) is 20.8 Å². The Bertz CT molecular complexity index is 870. The van der Waals surface area contributed by atoms with Gasteiger partial charge in [0.1, 0.15) is 5.58 Å². The summed E-state index contributed by atoms with van der Waals surface area (Å²) in [5.41, 5.74) is 5.82. The molecular formula is C20H21NO2. The van der Waals surface area contributed by atoms with Gasteiger partial charge in [-0.15, -0.1) is 0 Å². The highest BCUT2D eigenvalue weighted by Crippen LogP contribution is 2.28. The monoisotopic (exact) mass is 307 g/mol. The number of para-hydroxylation sites is 1. The Hall–Kier alpha value is -2.55. The molecule has 0 radical (unpaired) electrons. The lowest BCUT2D eigenvalue weighted by Gasteiger charge is -2.10. The Morgan fingerprint density at radius 2 is 1.78 bits per heavy atom. The van der Waals surface area contributed by atoms with Crippen molar-refractivity contribution in [2.24, 2.45) is 0 Å². The van der Waals surface area contributed by atoms with Crippen LogP contribution in [-0.2, 0) is 6.42 Å². The Morgan fingerprint density at radius 1 is 1.09 bits per heavy atom. The van der Waals surface area contributed by atoms with Crippen LogP contribution in [0.4, 0.5) is 5.69 Å². The van der Waals surface area contributed by atoms with Crippen molar-refractivity contribution in [3.63, 3.8) is 0 Å². The van der Waals surface area contributed by atoms with E-state index in [4.69, 9.17) is 4.42 Å². The van der Waals surface area contributed by atoms with E-state index in [1.165, 1.54) is 5.56 Å². The normalized spacial score (nSPS) is 11.0. The first-order chi connectivity index (χ1) is 11.0. The van der Waals surface area contributed by atoms with Crippen LogP contribution in [0.5, 0.6) is 0 Å². The van der Waals surface area contributed by atoms with Crippen molar-refractivity contribution in [2.45, 2.75) is 34.1 Å². The number of carbonyl (C=O) groups excluding carboxylic acids is 1. The zero-order valence-electron chi connectivity index (χ0n) is 14.0. The zero-order valence-corrected chi connectivity index (χ0v) is 14.0. The summed E-state index contributed by atoms with van der Waals surface area (Å²) in [7, 11) is 0. The fraction of sp³-hybridized carbons (Fsp3) is 0.250. The van der Waals surface area contributed by atoms with E-state index in [-0.39, 0.29) is 5.91 Å². The first-order valence-electron chi connectivity index (χ1n) is 7.91. The zero-order chi connectivity index (χ0) is 16.6. The molecule has 118 valence electrons. The Labute approximate surface area is 136 Å². The molecule has 0 aliphatic heterocycles. The number of aryl methyl sites for hydroxylation is 4. The van der Waals surface area contributed by atoms with Crippen LogP contribution in [0.3, 0.4) is 0 Å². The number of hydrogen-bond donors (Lipinski definition) is 1. The van der Waals surface area contributed by atoms with Gasteiger partial charge in [-0.25, -0.2) is 0 Å². The molecule has 3 aromatic rings. The van der Waals surface area contributed by atoms with Crippen molar-refractivity contribution < 1.29 is 9.21 Å². The minimum absolute atomic E-state index is 0.200. The van der Waals surface area contributed by atoms with Gasteiger partial charge in [-0.3, -0.25) is 4.79 Å². The maximum Gasteiger partial charge on any atom is 0.291 e. The number of hydrogen-bond acceptors (Lipinski definition) is 2. The second kappa shape index (κ2) is 5.92. The topological polar surface area (TPSA) is 42.2 Å². The average Bonchev–Trinajstić information content (AvgIpc) is 2.87. The smallest absolute Gasteiger partial charge is 0.291 e. The molecule has 0 unspecified atom stereocenters. The molecule has 3 heteroatoms. The van der Waals surface area contributed by atoms with Crippen LogP contribution in [-0.4, -0.2) is 5.91 Å². The molecule has 0 saturated carbocycles. The van der Waals surface area contributed by atoms with Crippen LogP contribution >= 0.6 is 0 Å². The van der Waals surface area contributed by atoms with Gasteiger partial charge in [0.05, 0.1) is 0 Å². The van der Waals surface area contributed by atoms with Gasteiger partial charge < -0.3 is 9.73 Å². The molecule has 0 atom stereocenters. The number of fused-ring (bicyclic) bond motifs is 1. The molecule has 2 aromatic carbocycles. The van der Waals surface area contributed by atoms with Crippen LogP contribution in [0.1, 0.15) is 39.7 Å². The first kappa shape index (κ1) is 15.3. The quantitative estimate of drug-likeness (QED) is 0.725. The van der Waals surface area contributed by atoms with Gasteiger partial charge in [-0.1, -0.05) is 31.2 Å². The summed E-state index contributed by atoms with van der Waals surface area (Å²) >= 11 is 0. The maximum atomic E-state index is 12.7. The molecule has 23 heavy (non-hydrogen) atoms. The molecule has 3 nitrogen and oxygen atoms in total. The van der Waals surface area contributed by atoms with Crippen molar-refractivity contribution in [3.05, 3.63) is 64.4 Å². The van der Waals surface area contributed by atoms with E-state index in [1.54, 1.807) is 0 Å². The predicted molar refractivity (Wildman–Crippen MR) is 94.2 cm³/mol. The van der Waals surface area contributed by atoms with Crippen molar-refractivity contribution in [1.29, 1.82) is 0 Å². The van der Waals surface area contributed by atoms with Gasteiger partial charge in [0.25, 0.3) is 5.91 Å². The molecule has 0 bridgehead atoms. The summed E-state index contributed by atoms with van der Waals surface area (Å²) in [5.74, 6) is 0.185. The van der Waals surface area contributed by atoms with E-state index in [1.807, 2.05) is 51.1 Å². The molecule has 0 aliphatic carbocycles. The van der Waals surface area contributed by atoms with E-state index in [9.17, 15) is 4.79 Å². The lowest BCUT2D eigenvalue weighted by molar-refractivity contribution is 0.0997. The van der Waals surface area contributed by atoms with Gasteiger partial charge in [0.2, 0.25) is 0 Å². The largest absolute Gasteiger partial charge is 0.451 e. The van der Waals surface area contributed by atoms with Gasteiger partial charge >= 0.3 is 0 Å². The van der Waals surface area contributed by atoms with Crippen LogP contribution < -0.4 is 5.32 Å². The SMILES string of the molecule is CCc1ccc2oc(C(=O)Nc3c(C)cccc3C)c(C)c2c1. The minimum atomic E-state index is -0.200. The van der Waals surface area contributed by atoms with Crippen molar-refractivity contribution in [3.8, 4) is 0 Å². The van der Waals surface area contributed by atoms with E-state index in [2.05, 4.69) is 18.3 Å². The van der Waals surface area contributed by atoms with E-state index < -0.39 is 0 Å². The Kier molecular flexibility index (Phi) is 3.95. The number of benzene rings is 2. The van der Waals surface area contributed by atoms with Gasteiger partial charge in [0, 0.05) is 16.6 Å². The van der Waals surface area contributed by atoms with Crippen LogP contribution in [0.15, 0.2) is 40.8 Å². The molecule has 1 heterocycles. The van der Waals surface area contributed by atoms with Crippen molar-refractivity contribution in [1.82, 2.24) is 0 Å². The van der Waals surface area contributed by atoms with E-state index >= 15 is 0 Å². The maximum absolute atomic E-state index is 12.7. The number of amides is 1. The summed E-state index contributed by atoms with van der Waals surface area (Å²) in [5, 5.41) is 4.00. The highest BCUT2D eigenvalue weighted by atomic mass is 16.3. The lowest BCUT2D eigenvalue weighted by Crippen LogP contribution is -2.14. The minimum Gasteiger partial charge on any atom is -0.451 e. The third-order valence-electron chi connectivity index (χ3n) is 4.33. The molecule has 0 fully saturated rings. The summed E-state index contributed by atoms with van der Waals surface area (Å²) in [6.45, 7) is 8.03. The molecular weight excluding hydrogens is 286 g/mol.